The van der Waals surface area contributed by atoms with E-state index in [9.17, 15) is 0 Å². The number of likely N-dealkylation sites (tertiary alicyclic amines) is 1. The standard InChI is InChI=1S/C10H22N2S/c1-8-6-12(5-4-10(8)11)7-9(2)13-3/h8-10H,4-7,11H2,1-3H3. The summed E-state index contributed by atoms with van der Waals surface area (Å²) in [6.07, 6.45) is 3.35. The van der Waals surface area contributed by atoms with Crippen molar-refractivity contribution in [3.8, 4) is 0 Å². The summed E-state index contributed by atoms with van der Waals surface area (Å²) >= 11 is 1.95. The predicted molar refractivity (Wildman–Crippen MR) is 61.2 cm³/mol. The Morgan fingerprint density at radius 1 is 1.62 bits per heavy atom. The molecule has 1 heterocycles. The average Bonchev–Trinajstić information content (AvgIpc) is 2.11. The van der Waals surface area contributed by atoms with Crippen LogP contribution in [0.1, 0.15) is 20.3 Å². The van der Waals surface area contributed by atoms with Crippen LogP contribution in [0.2, 0.25) is 0 Å². The number of hydrogen-bond donors (Lipinski definition) is 1. The zero-order chi connectivity index (χ0) is 9.84. The van der Waals surface area contributed by atoms with Crippen molar-refractivity contribution in [3.63, 3.8) is 0 Å². The lowest BCUT2D eigenvalue weighted by atomic mass is 9.95. The Balaban J connectivity index is 2.29. The number of rotatable bonds is 3. The quantitative estimate of drug-likeness (QED) is 0.750. The first-order valence-electron chi connectivity index (χ1n) is 5.14. The first kappa shape index (κ1) is 11.3. The highest BCUT2D eigenvalue weighted by Crippen LogP contribution is 2.17. The minimum absolute atomic E-state index is 0.431. The molecule has 1 rings (SSSR count). The molecule has 0 aromatic heterocycles. The highest BCUT2D eigenvalue weighted by atomic mass is 32.2. The molecule has 1 fully saturated rings. The third-order valence-electron chi connectivity index (χ3n) is 2.97. The van der Waals surface area contributed by atoms with E-state index in [1.54, 1.807) is 0 Å². The summed E-state index contributed by atoms with van der Waals surface area (Å²) < 4.78 is 0. The molecule has 0 bridgehead atoms. The zero-order valence-electron chi connectivity index (χ0n) is 8.99. The second kappa shape index (κ2) is 5.23. The molecule has 2 N–H and O–H groups in total. The molecule has 3 unspecified atom stereocenters. The van der Waals surface area contributed by atoms with E-state index >= 15 is 0 Å². The van der Waals surface area contributed by atoms with Gasteiger partial charge >= 0.3 is 0 Å². The second-order valence-corrected chi connectivity index (χ2v) is 5.51. The van der Waals surface area contributed by atoms with Crippen LogP contribution >= 0.6 is 11.8 Å². The van der Waals surface area contributed by atoms with E-state index < -0.39 is 0 Å². The molecule has 0 aliphatic carbocycles. The summed E-state index contributed by atoms with van der Waals surface area (Å²) in [7, 11) is 0. The maximum absolute atomic E-state index is 5.97. The van der Waals surface area contributed by atoms with Crippen LogP contribution in [0.4, 0.5) is 0 Å². The predicted octanol–water partition coefficient (Wildman–Crippen LogP) is 1.41. The maximum atomic E-state index is 5.97. The SMILES string of the molecule is CSC(C)CN1CCC(N)C(C)C1. The molecule has 0 amide bonds. The van der Waals surface area contributed by atoms with Gasteiger partial charge in [0.2, 0.25) is 0 Å². The van der Waals surface area contributed by atoms with Crippen LogP contribution in [0.5, 0.6) is 0 Å². The van der Waals surface area contributed by atoms with Crippen molar-refractivity contribution in [2.75, 3.05) is 25.9 Å². The van der Waals surface area contributed by atoms with Crippen LogP contribution in [0, 0.1) is 5.92 Å². The van der Waals surface area contributed by atoms with E-state index in [1.807, 2.05) is 11.8 Å². The third-order valence-corrected chi connectivity index (χ3v) is 3.93. The van der Waals surface area contributed by atoms with Gasteiger partial charge in [-0.15, -0.1) is 0 Å². The van der Waals surface area contributed by atoms with Crippen molar-refractivity contribution in [3.05, 3.63) is 0 Å². The molecule has 0 aromatic rings. The normalized spacial score (nSPS) is 33.2. The highest BCUT2D eigenvalue weighted by Gasteiger charge is 2.23. The fourth-order valence-corrected chi connectivity index (χ4v) is 2.21. The molecule has 0 saturated carbocycles. The minimum Gasteiger partial charge on any atom is -0.327 e. The molecule has 1 aliphatic heterocycles. The minimum atomic E-state index is 0.431. The second-order valence-electron chi connectivity index (χ2n) is 4.24. The number of thioether (sulfide) groups is 1. The number of nitrogens with two attached hydrogens (primary N) is 1. The van der Waals surface area contributed by atoms with E-state index in [2.05, 4.69) is 25.0 Å². The molecule has 13 heavy (non-hydrogen) atoms. The lowest BCUT2D eigenvalue weighted by molar-refractivity contribution is 0.167. The van der Waals surface area contributed by atoms with Crippen molar-refractivity contribution < 1.29 is 0 Å². The zero-order valence-corrected chi connectivity index (χ0v) is 9.81. The lowest BCUT2D eigenvalue weighted by Gasteiger charge is -2.36. The van der Waals surface area contributed by atoms with Crippen LogP contribution in [-0.4, -0.2) is 42.1 Å². The Bertz CT molecular complexity index is 150. The van der Waals surface area contributed by atoms with Crippen molar-refractivity contribution in [2.45, 2.75) is 31.6 Å². The van der Waals surface area contributed by atoms with Gasteiger partial charge in [0.15, 0.2) is 0 Å². The highest BCUT2D eigenvalue weighted by molar-refractivity contribution is 7.99. The molecule has 2 nitrogen and oxygen atoms in total. The van der Waals surface area contributed by atoms with Gasteiger partial charge in [0.05, 0.1) is 0 Å². The van der Waals surface area contributed by atoms with Gasteiger partial charge < -0.3 is 10.6 Å². The Morgan fingerprint density at radius 2 is 2.31 bits per heavy atom. The van der Waals surface area contributed by atoms with E-state index in [0.717, 1.165) is 5.25 Å². The molecular formula is C10H22N2S. The number of hydrogen-bond acceptors (Lipinski definition) is 3. The van der Waals surface area contributed by atoms with Crippen LogP contribution in [-0.2, 0) is 0 Å². The fourth-order valence-electron chi connectivity index (χ4n) is 1.85. The van der Waals surface area contributed by atoms with Gasteiger partial charge in [-0.2, -0.15) is 11.8 Å². The van der Waals surface area contributed by atoms with Gasteiger partial charge in [0, 0.05) is 24.4 Å². The molecule has 0 radical (unpaired) electrons. The summed E-state index contributed by atoms with van der Waals surface area (Å²) in [6, 6.07) is 0.431. The Hall–Kier alpha value is 0.270. The van der Waals surface area contributed by atoms with Crippen LogP contribution in [0.3, 0.4) is 0 Å². The summed E-state index contributed by atoms with van der Waals surface area (Å²) in [5, 5.41) is 0.751. The van der Waals surface area contributed by atoms with Gasteiger partial charge in [0.25, 0.3) is 0 Å². The van der Waals surface area contributed by atoms with Gasteiger partial charge in [-0.1, -0.05) is 13.8 Å². The topological polar surface area (TPSA) is 29.3 Å². The first-order valence-corrected chi connectivity index (χ1v) is 6.43. The largest absolute Gasteiger partial charge is 0.327 e. The van der Waals surface area contributed by atoms with Crippen molar-refractivity contribution in [2.24, 2.45) is 11.7 Å². The molecular weight excluding hydrogens is 180 g/mol. The van der Waals surface area contributed by atoms with Crippen LogP contribution in [0.15, 0.2) is 0 Å². The van der Waals surface area contributed by atoms with E-state index in [-0.39, 0.29) is 0 Å². The molecule has 1 aliphatic rings. The van der Waals surface area contributed by atoms with Gasteiger partial charge in [-0.3, -0.25) is 0 Å². The number of nitrogens with zero attached hydrogens (tertiary/aromatic N) is 1. The van der Waals surface area contributed by atoms with Crippen LogP contribution < -0.4 is 5.73 Å². The van der Waals surface area contributed by atoms with Gasteiger partial charge in [-0.05, 0) is 25.1 Å². The maximum Gasteiger partial charge on any atom is 0.0143 e. The van der Waals surface area contributed by atoms with Gasteiger partial charge in [0.1, 0.15) is 0 Å². The monoisotopic (exact) mass is 202 g/mol. The molecule has 3 atom stereocenters. The molecule has 1 saturated heterocycles. The van der Waals surface area contributed by atoms with E-state index in [0.29, 0.717) is 12.0 Å². The molecule has 0 spiro atoms. The Morgan fingerprint density at radius 3 is 2.85 bits per heavy atom. The lowest BCUT2D eigenvalue weighted by Crippen LogP contribution is -2.47. The third kappa shape index (κ3) is 3.49. The van der Waals surface area contributed by atoms with E-state index in [4.69, 9.17) is 5.73 Å². The summed E-state index contributed by atoms with van der Waals surface area (Å²) in [4.78, 5) is 2.55. The van der Waals surface area contributed by atoms with Crippen molar-refractivity contribution >= 4 is 11.8 Å². The smallest absolute Gasteiger partial charge is 0.0143 e. The molecule has 3 heteroatoms. The Labute approximate surface area is 86.2 Å². The van der Waals surface area contributed by atoms with Crippen molar-refractivity contribution in [1.82, 2.24) is 4.90 Å². The van der Waals surface area contributed by atoms with Crippen LogP contribution in [0.25, 0.3) is 0 Å². The molecule has 78 valence electrons. The summed E-state index contributed by atoms with van der Waals surface area (Å²) in [5.41, 5.74) is 5.97. The molecule has 0 aromatic carbocycles. The van der Waals surface area contributed by atoms with Crippen molar-refractivity contribution in [1.29, 1.82) is 0 Å². The van der Waals surface area contributed by atoms with Gasteiger partial charge in [-0.25, -0.2) is 0 Å². The summed E-state index contributed by atoms with van der Waals surface area (Å²) in [6.45, 7) is 8.16. The fraction of sp³-hybridized carbons (Fsp3) is 1.00. The first-order chi connectivity index (χ1) is 6.13. The number of piperidine rings is 1. The average molecular weight is 202 g/mol. The van der Waals surface area contributed by atoms with E-state index in [1.165, 1.54) is 26.1 Å². The Kier molecular flexibility index (Phi) is 4.56. The summed E-state index contributed by atoms with van der Waals surface area (Å²) in [5.74, 6) is 0.669.